The SMILES string of the molecule is CCO/C=C/C(=O)n1ccnc1. The van der Waals surface area contributed by atoms with Gasteiger partial charge in [-0.2, -0.15) is 0 Å². The van der Waals surface area contributed by atoms with Crippen LogP contribution < -0.4 is 0 Å². The monoisotopic (exact) mass is 166 g/mol. The third kappa shape index (κ3) is 2.23. The molecule has 4 heteroatoms. The normalized spacial score (nSPS) is 10.4. The number of ether oxygens (including phenoxy) is 1. The van der Waals surface area contributed by atoms with Crippen LogP contribution in [0.5, 0.6) is 0 Å². The summed E-state index contributed by atoms with van der Waals surface area (Å²) in [5, 5.41) is 0. The third-order valence-corrected chi connectivity index (χ3v) is 1.23. The lowest BCUT2D eigenvalue weighted by Crippen LogP contribution is -2.03. The van der Waals surface area contributed by atoms with E-state index in [1.54, 1.807) is 12.4 Å². The second kappa shape index (κ2) is 4.33. The standard InChI is InChI=1S/C8H10N2O2/c1-2-12-6-3-8(11)10-5-4-9-7-10/h3-7H,2H2,1H3/b6-3+. The Kier molecular flexibility index (Phi) is 3.07. The van der Waals surface area contributed by atoms with Crippen molar-refractivity contribution in [2.75, 3.05) is 6.61 Å². The molecule has 64 valence electrons. The van der Waals surface area contributed by atoms with Gasteiger partial charge in [0, 0.05) is 18.5 Å². The maximum atomic E-state index is 11.1. The Morgan fingerprint density at radius 2 is 2.58 bits per heavy atom. The largest absolute Gasteiger partial charge is 0.501 e. The third-order valence-electron chi connectivity index (χ3n) is 1.23. The number of nitrogens with zero attached hydrogens (tertiary/aromatic N) is 2. The van der Waals surface area contributed by atoms with Crippen molar-refractivity contribution in [3.8, 4) is 0 Å². The van der Waals surface area contributed by atoms with Crippen LogP contribution in [0.2, 0.25) is 0 Å². The summed E-state index contributed by atoms with van der Waals surface area (Å²) in [4.78, 5) is 14.9. The van der Waals surface area contributed by atoms with Gasteiger partial charge in [-0.05, 0) is 6.92 Å². The van der Waals surface area contributed by atoms with Gasteiger partial charge in [0.2, 0.25) is 0 Å². The van der Waals surface area contributed by atoms with Gasteiger partial charge < -0.3 is 4.74 Å². The fourth-order valence-electron chi connectivity index (χ4n) is 0.678. The van der Waals surface area contributed by atoms with Crippen LogP contribution in [-0.4, -0.2) is 22.1 Å². The van der Waals surface area contributed by atoms with Crippen LogP contribution in [0.3, 0.4) is 0 Å². The number of allylic oxidation sites excluding steroid dienone is 1. The highest BCUT2D eigenvalue weighted by atomic mass is 16.5. The molecule has 1 heterocycles. The summed E-state index contributed by atoms with van der Waals surface area (Å²) >= 11 is 0. The first-order chi connectivity index (χ1) is 5.84. The second-order valence-corrected chi connectivity index (χ2v) is 2.07. The van der Waals surface area contributed by atoms with E-state index >= 15 is 0 Å². The molecule has 0 amide bonds. The van der Waals surface area contributed by atoms with Crippen LogP contribution in [0.25, 0.3) is 0 Å². The molecule has 1 aromatic rings. The Balaban J connectivity index is 2.50. The van der Waals surface area contributed by atoms with Gasteiger partial charge in [-0.15, -0.1) is 0 Å². The average molecular weight is 166 g/mol. The van der Waals surface area contributed by atoms with Crippen LogP contribution in [-0.2, 0) is 4.74 Å². The molecule has 0 bridgehead atoms. The van der Waals surface area contributed by atoms with Crippen molar-refractivity contribution in [2.24, 2.45) is 0 Å². The fourth-order valence-corrected chi connectivity index (χ4v) is 0.678. The van der Waals surface area contributed by atoms with Crippen molar-refractivity contribution in [1.82, 2.24) is 9.55 Å². The number of aromatic nitrogens is 2. The van der Waals surface area contributed by atoms with E-state index in [0.29, 0.717) is 6.61 Å². The lowest BCUT2D eigenvalue weighted by atomic mass is 10.5. The zero-order valence-electron chi connectivity index (χ0n) is 6.80. The summed E-state index contributed by atoms with van der Waals surface area (Å²) in [7, 11) is 0. The van der Waals surface area contributed by atoms with E-state index < -0.39 is 0 Å². The molecule has 1 rings (SSSR count). The maximum Gasteiger partial charge on any atom is 0.258 e. The van der Waals surface area contributed by atoms with E-state index in [1.807, 2.05) is 6.92 Å². The van der Waals surface area contributed by atoms with Gasteiger partial charge in [-0.25, -0.2) is 4.98 Å². The smallest absolute Gasteiger partial charge is 0.258 e. The molecular weight excluding hydrogens is 156 g/mol. The quantitative estimate of drug-likeness (QED) is 0.498. The first-order valence-electron chi connectivity index (χ1n) is 3.65. The van der Waals surface area contributed by atoms with Gasteiger partial charge in [0.25, 0.3) is 5.91 Å². The minimum absolute atomic E-state index is 0.166. The fraction of sp³-hybridized carbons (Fsp3) is 0.250. The molecule has 0 atom stereocenters. The van der Waals surface area contributed by atoms with Crippen molar-refractivity contribution in [3.63, 3.8) is 0 Å². The van der Waals surface area contributed by atoms with Gasteiger partial charge in [0.05, 0.1) is 12.9 Å². The van der Waals surface area contributed by atoms with E-state index in [4.69, 9.17) is 4.74 Å². The lowest BCUT2D eigenvalue weighted by molar-refractivity contribution is 0.0964. The van der Waals surface area contributed by atoms with Gasteiger partial charge >= 0.3 is 0 Å². The molecule has 0 fully saturated rings. The molecule has 0 aliphatic carbocycles. The summed E-state index contributed by atoms with van der Waals surface area (Å²) in [6.07, 6.45) is 7.30. The topological polar surface area (TPSA) is 44.1 Å². The summed E-state index contributed by atoms with van der Waals surface area (Å²) in [5.74, 6) is -0.166. The van der Waals surface area contributed by atoms with Crippen LogP contribution in [0, 0.1) is 0 Å². The molecule has 0 saturated carbocycles. The number of carbonyl (C=O) groups excluding carboxylic acids is 1. The van der Waals surface area contributed by atoms with Crippen LogP contribution >= 0.6 is 0 Å². The Labute approximate surface area is 70.5 Å². The maximum absolute atomic E-state index is 11.1. The van der Waals surface area contributed by atoms with Gasteiger partial charge in [0.1, 0.15) is 6.33 Å². The highest BCUT2D eigenvalue weighted by Gasteiger charge is 1.96. The van der Waals surface area contributed by atoms with Crippen LogP contribution in [0.15, 0.2) is 31.1 Å². The Bertz CT molecular complexity index is 265. The number of hydrogen-bond donors (Lipinski definition) is 0. The molecule has 0 saturated heterocycles. The summed E-state index contributed by atoms with van der Waals surface area (Å²) in [6, 6.07) is 0. The second-order valence-electron chi connectivity index (χ2n) is 2.07. The number of rotatable bonds is 3. The van der Waals surface area contributed by atoms with Crippen molar-refractivity contribution in [3.05, 3.63) is 31.1 Å². The summed E-state index contributed by atoms with van der Waals surface area (Å²) in [5.41, 5.74) is 0. The summed E-state index contributed by atoms with van der Waals surface area (Å²) < 4.78 is 6.24. The number of carbonyl (C=O) groups is 1. The molecule has 0 spiro atoms. The van der Waals surface area contributed by atoms with Gasteiger partial charge in [0.15, 0.2) is 0 Å². The first kappa shape index (κ1) is 8.52. The minimum atomic E-state index is -0.166. The highest BCUT2D eigenvalue weighted by molar-refractivity contribution is 5.89. The molecule has 0 radical (unpaired) electrons. The molecular formula is C8H10N2O2. The minimum Gasteiger partial charge on any atom is -0.501 e. The predicted molar refractivity (Wildman–Crippen MR) is 43.6 cm³/mol. The van der Waals surface area contributed by atoms with Crippen LogP contribution in [0.1, 0.15) is 11.7 Å². The van der Waals surface area contributed by atoms with E-state index in [2.05, 4.69) is 4.98 Å². The molecule has 0 N–H and O–H groups in total. The van der Waals surface area contributed by atoms with Crippen LogP contribution in [0.4, 0.5) is 0 Å². The number of hydrogen-bond acceptors (Lipinski definition) is 3. The van der Waals surface area contributed by atoms with E-state index in [-0.39, 0.29) is 5.91 Å². The van der Waals surface area contributed by atoms with E-state index in [0.717, 1.165) is 0 Å². The van der Waals surface area contributed by atoms with E-state index in [1.165, 1.54) is 23.2 Å². The number of imidazole rings is 1. The lowest BCUT2D eigenvalue weighted by Gasteiger charge is -1.93. The summed E-state index contributed by atoms with van der Waals surface area (Å²) in [6.45, 7) is 2.42. The van der Waals surface area contributed by atoms with Crippen molar-refractivity contribution < 1.29 is 9.53 Å². The van der Waals surface area contributed by atoms with Crippen molar-refractivity contribution in [1.29, 1.82) is 0 Å². The molecule has 0 aliphatic rings. The Morgan fingerprint density at radius 3 is 3.17 bits per heavy atom. The van der Waals surface area contributed by atoms with E-state index in [9.17, 15) is 4.79 Å². The molecule has 0 aliphatic heterocycles. The van der Waals surface area contributed by atoms with Crippen molar-refractivity contribution in [2.45, 2.75) is 6.92 Å². The predicted octanol–water partition coefficient (Wildman–Crippen LogP) is 1.07. The van der Waals surface area contributed by atoms with Gasteiger partial charge in [-0.1, -0.05) is 0 Å². The van der Waals surface area contributed by atoms with Crippen molar-refractivity contribution >= 4 is 5.91 Å². The average Bonchev–Trinajstić information content (AvgIpc) is 2.56. The highest BCUT2D eigenvalue weighted by Crippen LogP contribution is 1.88. The Hall–Kier alpha value is -1.58. The zero-order valence-corrected chi connectivity index (χ0v) is 6.80. The van der Waals surface area contributed by atoms with Gasteiger partial charge in [-0.3, -0.25) is 9.36 Å². The zero-order chi connectivity index (χ0) is 8.81. The molecule has 1 aromatic heterocycles. The molecule has 0 unspecified atom stereocenters. The first-order valence-corrected chi connectivity index (χ1v) is 3.65. The molecule has 0 aromatic carbocycles. The molecule has 12 heavy (non-hydrogen) atoms. The molecule has 4 nitrogen and oxygen atoms in total. The Morgan fingerprint density at radius 1 is 1.75 bits per heavy atom.